The summed E-state index contributed by atoms with van der Waals surface area (Å²) in [4.78, 5) is 30.4. The molecule has 138 valence electrons. The number of amides is 2. The molecule has 0 atom stereocenters. The van der Waals surface area contributed by atoms with Gasteiger partial charge in [0.1, 0.15) is 5.69 Å². The number of thiazole rings is 1. The summed E-state index contributed by atoms with van der Waals surface area (Å²) >= 11 is 1.59. The van der Waals surface area contributed by atoms with Crippen molar-refractivity contribution in [2.45, 2.75) is 44.6 Å². The average Bonchev–Trinajstić information content (AvgIpc) is 3.13. The zero-order valence-electron chi connectivity index (χ0n) is 14.6. The number of hydrogen-bond acceptors (Lipinski definition) is 6. The first-order chi connectivity index (χ1) is 12.2. The van der Waals surface area contributed by atoms with E-state index in [1.165, 1.54) is 0 Å². The molecule has 0 spiro atoms. The van der Waals surface area contributed by atoms with Crippen molar-refractivity contribution in [3.63, 3.8) is 0 Å². The Balaban J connectivity index is 1.48. The Morgan fingerprint density at radius 1 is 1.32 bits per heavy atom. The van der Waals surface area contributed by atoms with Crippen LogP contribution in [0.2, 0.25) is 0 Å². The molecule has 0 radical (unpaired) electrons. The van der Waals surface area contributed by atoms with Crippen LogP contribution in [0.3, 0.4) is 0 Å². The summed E-state index contributed by atoms with van der Waals surface area (Å²) in [6.07, 6.45) is 3.39. The highest BCUT2D eigenvalue weighted by Gasteiger charge is 2.26. The van der Waals surface area contributed by atoms with Crippen LogP contribution < -0.4 is 10.6 Å². The molecule has 2 saturated heterocycles. The number of aromatic nitrogens is 1. The van der Waals surface area contributed by atoms with Gasteiger partial charge in [-0.2, -0.15) is 0 Å². The first-order valence-electron chi connectivity index (χ1n) is 9.06. The minimum atomic E-state index is -0.265. The summed E-state index contributed by atoms with van der Waals surface area (Å²) < 4.78 is 5.01. The second-order valence-corrected chi connectivity index (χ2v) is 7.42. The van der Waals surface area contributed by atoms with Gasteiger partial charge in [-0.25, -0.2) is 9.78 Å². The van der Waals surface area contributed by atoms with Crippen LogP contribution in [0.5, 0.6) is 0 Å². The van der Waals surface area contributed by atoms with E-state index in [0.29, 0.717) is 31.3 Å². The third-order valence-corrected chi connectivity index (χ3v) is 5.81. The molecule has 0 aromatic carbocycles. The third kappa shape index (κ3) is 4.70. The maximum atomic E-state index is 12.4. The van der Waals surface area contributed by atoms with Gasteiger partial charge < -0.3 is 20.3 Å². The number of ether oxygens (including phenoxy) is 1. The summed E-state index contributed by atoms with van der Waals surface area (Å²) in [6.45, 7) is 5.45. The van der Waals surface area contributed by atoms with Crippen LogP contribution in [0, 0.1) is 0 Å². The van der Waals surface area contributed by atoms with Crippen molar-refractivity contribution >= 4 is 23.3 Å². The Morgan fingerprint density at radius 2 is 2.04 bits per heavy atom. The fourth-order valence-corrected chi connectivity index (χ4v) is 4.30. The van der Waals surface area contributed by atoms with Crippen LogP contribution in [0.1, 0.15) is 54.0 Å². The molecule has 2 aliphatic rings. The summed E-state index contributed by atoms with van der Waals surface area (Å²) in [5.74, 6) is 0.367. The number of carbonyl (C=O) groups excluding carboxylic acids is 2. The number of hydrogen-bond donors (Lipinski definition) is 2. The van der Waals surface area contributed by atoms with E-state index in [4.69, 9.17) is 4.74 Å². The van der Waals surface area contributed by atoms with Crippen LogP contribution in [-0.4, -0.2) is 60.7 Å². The minimum absolute atomic E-state index is 0.0854. The summed E-state index contributed by atoms with van der Waals surface area (Å²) in [7, 11) is 0. The molecule has 8 heteroatoms. The first kappa shape index (κ1) is 18.1. The third-order valence-electron chi connectivity index (χ3n) is 4.80. The van der Waals surface area contributed by atoms with E-state index in [2.05, 4.69) is 15.6 Å². The van der Waals surface area contributed by atoms with Gasteiger partial charge >= 0.3 is 6.09 Å². The number of piperidine rings is 2. The summed E-state index contributed by atoms with van der Waals surface area (Å²) in [5, 5.41) is 9.34. The molecule has 3 rings (SSSR count). The zero-order chi connectivity index (χ0) is 17.6. The number of carbonyl (C=O) groups is 2. The van der Waals surface area contributed by atoms with Crippen molar-refractivity contribution in [1.29, 1.82) is 0 Å². The Kier molecular flexibility index (Phi) is 6.25. The van der Waals surface area contributed by atoms with E-state index in [1.807, 2.05) is 5.38 Å². The van der Waals surface area contributed by atoms with Gasteiger partial charge in [0.2, 0.25) is 0 Å². The number of rotatable bonds is 4. The van der Waals surface area contributed by atoms with E-state index < -0.39 is 0 Å². The van der Waals surface area contributed by atoms with Crippen LogP contribution in [0.15, 0.2) is 5.38 Å². The molecule has 2 N–H and O–H groups in total. The fraction of sp³-hybridized carbons (Fsp3) is 0.706. The Hall–Kier alpha value is -1.67. The van der Waals surface area contributed by atoms with Gasteiger partial charge in [0.15, 0.2) is 0 Å². The van der Waals surface area contributed by atoms with Crippen molar-refractivity contribution in [3.8, 4) is 0 Å². The van der Waals surface area contributed by atoms with E-state index in [-0.39, 0.29) is 18.0 Å². The molecule has 1 aromatic heterocycles. The van der Waals surface area contributed by atoms with Crippen LogP contribution in [0.25, 0.3) is 0 Å². The first-order valence-corrected chi connectivity index (χ1v) is 9.94. The number of likely N-dealkylation sites (tertiary alicyclic amines) is 1. The quantitative estimate of drug-likeness (QED) is 0.851. The van der Waals surface area contributed by atoms with E-state index >= 15 is 0 Å². The van der Waals surface area contributed by atoms with E-state index in [0.717, 1.165) is 43.8 Å². The largest absolute Gasteiger partial charge is 0.450 e. The highest BCUT2D eigenvalue weighted by atomic mass is 32.1. The molecule has 2 amide bonds. The van der Waals surface area contributed by atoms with Crippen LogP contribution >= 0.6 is 11.3 Å². The fourth-order valence-electron chi connectivity index (χ4n) is 3.33. The maximum Gasteiger partial charge on any atom is 0.409 e. The van der Waals surface area contributed by atoms with Gasteiger partial charge in [0, 0.05) is 30.4 Å². The SMILES string of the molecule is CCOC(=O)N1CCC(NC(=O)c2csc(C3CCNCC3)n2)CC1. The van der Waals surface area contributed by atoms with E-state index in [9.17, 15) is 9.59 Å². The lowest BCUT2D eigenvalue weighted by Crippen LogP contribution is -2.46. The normalized spacial score (nSPS) is 19.6. The summed E-state index contributed by atoms with van der Waals surface area (Å²) in [6, 6.07) is 0.0854. The van der Waals surface area contributed by atoms with Crippen molar-refractivity contribution in [1.82, 2.24) is 20.5 Å². The van der Waals surface area contributed by atoms with Gasteiger partial charge in [0.25, 0.3) is 5.91 Å². The molecular weight excluding hydrogens is 340 g/mol. The molecule has 0 aliphatic carbocycles. The molecule has 25 heavy (non-hydrogen) atoms. The number of nitrogens with zero attached hydrogens (tertiary/aromatic N) is 2. The molecule has 7 nitrogen and oxygen atoms in total. The smallest absolute Gasteiger partial charge is 0.409 e. The summed E-state index contributed by atoms with van der Waals surface area (Å²) in [5.41, 5.74) is 0.520. The second kappa shape index (κ2) is 8.62. The monoisotopic (exact) mass is 366 g/mol. The predicted molar refractivity (Wildman–Crippen MR) is 96.0 cm³/mol. The lowest BCUT2D eigenvalue weighted by molar-refractivity contribution is 0.0857. The van der Waals surface area contributed by atoms with Gasteiger partial charge in [-0.1, -0.05) is 0 Å². The Bertz CT molecular complexity index is 592. The molecular formula is C17H26N4O3S. The standard InChI is InChI=1S/C17H26N4O3S/c1-2-24-17(23)21-9-5-13(6-10-21)19-15(22)14-11-25-16(20-14)12-3-7-18-8-4-12/h11-13,18H,2-10H2,1H3,(H,19,22). The maximum absolute atomic E-state index is 12.4. The van der Waals surface area contributed by atoms with Gasteiger partial charge in [0.05, 0.1) is 11.6 Å². The van der Waals surface area contributed by atoms with Crippen molar-refractivity contribution in [2.24, 2.45) is 0 Å². The van der Waals surface area contributed by atoms with Gasteiger partial charge in [-0.15, -0.1) is 11.3 Å². The lowest BCUT2D eigenvalue weighted by atomic mass is 9.99. The topological polar surface area (TPSA) is 83.6 Å². The predicted octanol–water partition coefficient (Wildman–Crippen LogP) is 1.96. The van der Waals surface area contributed by atoms with Crippen molar-refractivity contribution < 1.29 is 14.3 Å². The molecule has 0 unspecified atom stereocenters. The Labute approximate surface area is 152 Å². The van der Waals surface area contributed by atoms with Crippen molar-refractivity contribution in [2.75, 3.05) is 32.8 Å². The molecule has 1 aromatic rings. The highest BCUT2D eigenvalue weighted by molar-refractivity contribution is 7.09. The molecule has 2 fully saturated rings. The molecule has 2 aliphatic heterocycles. The molecule has 3 heterocycles. The van der Waals surface area contributed by atoms with Gasteiger partial charge in [-0.05, 0) is 45.7 Å². The minimum Gasteiger partial charge on any atom is -0.450 e. The second-order valence-electron chi connectivity index (χ2n) is 6.53. The Morgan fingerprint density at radius 3 is 2.72 bits per heavy atom. The lowest BCUT2D eigenvalue weighted by Gasteiger charge is -2.31. The van der Waals surface area contributed by atoms with Gasteiger partial charge in [-0.3, -0.25) is 4.79 Å². The zero-order valence-corrected chi connectivity index (χ0v) is 15.4. The molecule has 0 saturated carbocycles. The van der Waals surface area contributed by atoms with Crippen LogP contribution in [0.4, 0.5) is 4.79 Å². The average molecular weight is 366 g/mol. The molecule has 0 bridgehead atoms. The van der Waals surface area contributed by atoms with Crippen molar-refractivity contribution in [3.05, 3.63) is 16.1 Å². The van der Waals surface area contributed by atoms with E-state index in [1.54, 1.807) is 23.2 Å². The van der Waals surface area contributed by atoms with Crippen LogP contribution in [-0.2, 0) is 4.74 Å². The highest BCUT2D eigenvalue weighted by Crippen LogP contribution is 2.28. The number of nitrogens with one attached hydrogen (secondary N) is 2.